The summed E-state index contributed by atoms with van der Waals surface area (Å²) in [5, 5.41) is 15.8. The number of pyridine rings is 1. The number of piperazine rings is 1. The first-order valence-corrected chi connectivity index (χ1v) is 16.1. The Hall–Kier alpha value is -4.14. The van der Waals surface area contributed by atoms with E-state index in [0.717, 1.165) is 32.2 Å². The number of hydrogen-bond acceptors (Lipinski definition) is 8. The monoisotopic (exact) mass is 628 g/mol. The number of terminal acetylenes is 1. The Morgan fingerprint density at radius 2 is 1.93 bits per heavy atom. The van der Waals surface area contributed by atoms with Crippen LogP contribution in [-0.2, 0) is 6.42 Å². The predicted octanol–water partition coefficient (Wildman–Crippen LogP) is 5.08. The molecule has 46 heavy (non-hydrogen) atoms. The molecule has 0 radical (unpaired) electrons. The van der Waals surface area contributed by atoms with Gasteiger partial charge in [-0.15, -0.1) is 6.42 Å². The largest absolute Gasteiger partial charge is 0.508 e. The van der Waals surface area contributed by atoms with Gasteiger partial charge in [0.1, 0.15) is 35.6 Å². The van der Waals surface area contributed by atoms with E-state index in [9.17, 15) is 13.9 Å². The first kappa shape index (κ1) is 29.3. The van der Waals surface area contributed by atoms with Crippen LogP contribution < -0.4 is 15.0 Å². The van der Waals surface area contributed by atoms with Crippen molar-refractivity contribution in [3.05, 3.63) is 47.4 Å². The normalized spacial score (nSPS) is 25.8. The number of ether oxygens (including phenoxy) is 1. The third-order valence-corrected chi connectivity index (χ3v) is 10.3. The van der Waals surface area contributed by atoms with Crippen LogP contribution in [0.15, 0.2) is 30.3 Å². The summed E-state index contributed by atoms with van der Waals surface area (Å²) in [5.41, 5.74) is 0.530. The second-order valence-electron chi connectivity index (χ2n) is 13.2. The zero-order chi connectivity index (χ0) is 31.6. The fourth-order valence-electron chi connectivity index (χ4n) is 8.28. The lowest BCUT2D eigenvalue weighted by Crippen LogP contribution is -2.51. The molecule has 4 aliphatic rings. The molecule has 6 heterocycles. The Labute approximate surface area is 265 Å². The van der Waals surface area contributed by atoms with E-state index in [1.165, 1.54) is 6.07 Å². The molecule has 238 valence electrons. The van der Waals surface area contributed by atoms with E-state index in [-0.39, 0.29) is 53.6 Å². The Balaban J connectivity index is 1.32. The van der Waals surface area contributed by atoms with Crippen molar-refractivity contribution >= 4 is 27.5 Å². The lowest BCUT2D eigenvalue weighted by Gasteiger charge is -2.35. The van der Waals surface area contributed by atoms with Gasteiger partial charge in [-0.2, -0.15) is 9.97 Å². The number of aromatic nitrogens is 3. The summed E-state index contributed by atoms with van der Waals surface area (Å²) >= 11 is 0. The molecule has 2 aromatic carbocycles. The molecule has 2 unspecified atom stereocenters. The van der Waals surface area contributed by atoms with E-state index in [1.807, 2.05) is 0 Å². The molecule has 4 aliphatic heterocycles. The van der Waals surface area contributed by atoms with Gasteiger partial charge >= 0.3 is 6.01 Å². The van der Waals surface area contributed by atoms with Crippen LogP contribution >= 0.6 is 0 Å². The average molecular weight is 629 g/mol. The highest BCUT2D eigenvalue weighted by molar-refractivity contribution is 6.03. The molecule has 4 fully saturated rings. The van der Waals surface area contributed by atoms with Crippen LogP contribution in [-0.4, -0.2) is 88.2 Å². The van der Waals surface area contributed by atoms with E-state index < -0.39 is 24.2 Å². The van der Waals surface area contributed by atoms with Crippen LogP contribution in [0.4, 0.5) is 19.0 Å². The number of rotatable bonds is 7. The van der Waals surface area contributed by atoms with E-state index in [4.69, 9.17) is 21.1 Å². The number of aryl methyl sites for hydroxylation is 1. The van der Waals surface area contributed by atoms with Crippen molar-refractivity contribution in [2.45, 2.75) is 62.3 Å². The van der Waals surface area contributed by atoms with Crippen LogP contribution in [0.25, 0.3) is 32.9 Å². The van der Waals surface area contributed by atoms with Crippen LogP contribution in [0.3, 0.4) is 0 Å². The molecule has 8 rings (SSSR count). The van der Waals surface area contributed by atoms with Crippen molar-refractivity contribution in [1.29, 1.82) is 0 Å². The highest BCUT2D eigenvalue weighted by atomic mass is 19.1. The van der Waals surface area contributed by atoms with Crippen LogP contribution in [0, 0.1) is 18.2 Å². The van der Waals surface area contributed by atoms with Crippen molar-refractivity contribution in [2.75, 3.05) is 44.4 Å². The highest BCUT2D eigenvalue weighted by Gasteiger charge is 2.49. The number of nitrogens with one attached hydrogen (secondary N) is 1. The number of alkyl halides is 2. The molecule has 8 nitrogen and oxygen atoms in total. The van der Waals surface area contributed by atoms with E-state index in [2.05, 4.69) is 26.0 Å². The Kier molecular flexibility index (Phi) is 7.18. The van der Waals surface area contributed by atoms with Gasteiger partial charge in [0.05, 0.1) is 23.3 Å². The lowest BCUT2D eigenvalue weighted by molar-refractivity contribution is 0.107. The number of hydrogen-bond donors (Lipinski definition) is 2. The first-order valence-electron chi connectivity index (χ1n) is 16.1. The minimum Gasteiger partial charge on any atom is -0.508 e. The van der Waals surface area contributed by atoms with Gasteiger partial charge in [0.25, 0.3) is 0 Å². The smallest absolute Gasteiger partial charge is 0.319 e. The summed E-state index contributed by atoms with van der Waals surface area (Å²) in [7, 11) is 0. The third-order valence-electron chi connectivity index (χ3n) is 10.3. The van der Waals surface area contributed by atoms with E-state index in [1.54, 1.807) is 24.3 Å². The van der Waals surface area contributed by atoms with Gasteiger partial charge in [-0.25, -0.2) is 13.8 Å². The number of halogens is 3. The van der Waals surface area contributed by atoms with Crippen molar-refractivity contribution in [3.8, 4) is 35.4 Å². The zero-order valence-corrected chi connectivity index (χ0v) is 25.4. The standard InChI is InChI=1S/C35H35F3N6O2/c1-2-20-5-3-6-21-13-25(45)14-26(28(20)21)31-30(38)32-29(27(40-31)9-11-36)33(43-17-23-7-8-24(18-43)39-23)42-34(41-32)46-19-35-10-4-12-44(35)16-22(37)15-35/h1,3,5-6,13-14,22-24,39,45H,4,7-12,15-19H2/t22-,23?,24?,35+/m1/s1. The van der Waals surface area contributed by atoms with Gasteiger partial charge in [-0.1, -0.05) is 18.1 Å². The van der Waals surface area contributed by atoms with E-state index in [0.29, 0.717) is 59.3 Å². The summed E-state index contributed by atoms with van der Waals surface area (Å²) in [6, 6.07) is 8.77. The number of nitrogens with zero attached hydrogens (tertiary/aromatic N) is 5. The van der Waals surface area contributed by atoms with Gasteiger partial charge in [-0.3, -0.25) is 9.29 Å². The molecular formula is C35H35F3N6O2. The molecule has 11 heteroatoms. The number of aromatic hydroxyl groups is 1. The quantitative estimate of drug-likeness (QED) is 0.274. The molecule has 0 spiro atoms. The van der Waals surface area contributed by atoms with Crippen molar-refractivity contribution < 1.29 is 23.0 Å². The fourth-order valence-corrected chi connectivity index (χ4v) is 8.28. The SMILES string of the molecule is C#Cc1cccc2cc(O)cc(-c3nc(CCF)c4c(N5CC6CCC(C5)N6)nc(OC[C@@]56CCCN5C[C@H](F)C6)nc4c3F)c12. The molecule has 2 N–H and O–H groups in total. The third kappa shape index (κ3) is 4.81. The highest BCUT2D eigenvalue weighted by Crippen LogP contribution is 2.42. The summed E-state index contributed by atoms with van der Waals surface area (Å²) in [6.45, 7) is 1.94. The predicted molar refractivity (Wildman–Crippen MR) is 170 cm³/mol. The van der Waals surface area contributed by atoms with Crippen molar-refractivity contribution in [3.63, 3.8) is 0 Å². The molecule has 4 saturated heterocycles. The molecular weight excluding hydrogens is 593 g/mol. The maximum atomic E-state index is 17.0. The minimum atomic E-state index is -0.923. The van der Waals surface area contributed by atoms with Gasteiger partial charge < -0.3 is 20.1 Å². The Morgan fingerprint density at radius 1 is 1.11 bits per heavy atom. The van der Waals surface area contributed by atoms with Crippen LogP contribution in [0.2, 0.25) is 0 Å². The zero-order valence-electron chi connectivity index (χ0n) is 25.4. The molecule has 2 aromatic heterocycles. The number of fused-ring (bicyclic) bond motifs is 5. The fraction of sp³-hybridized carbons (Fsp3) is 0.457. The number of phenolic OH excluding ortho intramolecular Hbond substituents is 1. The average Bonchev–Trinajstić information content (AvgIpc) is 3.70. The number of benzene rings is 2. The second-order valence-corrected chi connectivity index (χ2v) is 13.2. The summed E-state index contributed by atoms with van der Waals surface area (Å²) in [6.07, 6.45) is 9.00. The Morgan fingerprint density at radius 3 is 2.72 bits per heavy atom. The molecule has 0 aliphatic carbocycles. The molecule has 4 atom stereocenters. The first-order chi connectivity index (χ1) is 22.4. The van der Waals surface area contributed by atoms with Crippen molar-refractivity contribution in [2.24, 2.45) is 0 Å². The summed E-state index contributed by atoms with van der Waals surface area (Å²) in [5.74, 6) is 2.28. The van der Waals surface area contributed by atoms with Gasteiger partial charge in [0.2, 0.25) is 0 Å². The molecule has 0 amide bonds. The number of anilines is 1. The lowest BCUT2D eigenvalue weighted by atomic mass is 9.95. The number of phenols is 1. The van der Waals surface area contributed by atoms with Gasteiger partial charge in [0, 0.05) is 61.1 Å². The van der Waals surface area contributed by atoms with Crippen molar-refractivity contribution in [1.82, 2.24) is 25.2 Å². The van der Waals surface area contributed by atoms with E-state index >= 15 is 4.39 Å². The molecule has 0 saturated carbocycles. The molecule has 4 aromatic rings. The molecule has 2 bridgehead atoms. The van der Waals surface area contributed by atoms with Crippen LogP contribution in [0.5, 0.6) is 11.8 Å². The summed E-state index contributed by atoms with van der Waals surface area (Å²) in [4.78, 5) is 18.4. The minimum absolute atomic E-state index is 0.00996. The summed E-state index contributed by atoms with van der Waals surface area (Å²) < 4.78 is 52.0. The Bertz CT molecular complexity index is 1890. The topological polar surface area (TPSA) is 86.6 Å². The maximum absolute atomic E-state index is 17.0. The van der Waals surface area contributed by atoms with Crippen LogP contribution in [0.1, 0.15) is 43.4 Å². The second kappa shape index (κ2) is 11.3. The van der Waals surface area contributed by atoms with Gasteiger partial charge in [-0.05, 0) is 55.8 Å². The maximum Gasteiger partial charge on any atom is 0.319 e. The van der Waals surface area contributed by atoms with Gasteiger partial charge in [0.15, 0.2) is 5.82 Å².